The van der Waals surface area contributed by atoms with Gasteiger partial charge >= 0.3 is 0 Å². The summed E-state index contributed by atoms with van der Waals surface area (Å²) in [5.74, 6) is 0.318. The highest BCUT2D eigenvalue weighted by Gasteiger charge is 2.27. The fourth-order valence-corrected chi connectivity index (χ4v) is 4.74. The number of rotatable bonds is 6. The van der Waals surface area contributed by atoms with Gasteiger partial charge in [-0.25, -0.2) is 8.42 Å². The van der Waals surface area contributed by atoms with Crippen LogP contribution in [0.5, 0.6) is 0 Å². The Hall–Kier alpha value is -1.37. The maximum absolute atomic E-state index is 12.6. The molecule has 0 bridgehead atoms. The molecule has 1 atom stereocenters. The molecule has 6 heteroatoms. The van der Waals surface area contributed by atoms with Crippen LogP contribution < -0.4 is 0 Å². The van der Waals surface area contributed by atoms with E-state index >= 15 is 0 Å². The highest BCUT2D eigenvalue weighted by Crippen LogP contribution is 2.20. The molecule has 0 unspecified atom stereocenters. The maximum Gasteiger partial charge on any atom is 0.214 e. The van der Waals surface area contributed by atoms with Crippen molar-refractivity contribution in [2.45, 2.75) is 19.9 Å². The lowest BCUT2D eigenvalue weighted by molar-refractivity contribution is 0.188. The molecule has 1 aromatic carbocycles. The van der Waals surface area contributed by atoms with Crippen molar-refractivity contribution >= 4 is 20.9 Å². The van der Waals surface area contributed by atoms with Gasteiger partial charge < -0.3 is 9.72 Å². The second-order valence-electron chi connectivity index (χ2n) is 5.83. The summed E-state index contributed by atoms with van der Waals surface area (Å²) in [6.45, 7) is 4.04. The van der Waals surface area contributed by atoms with Gasteiger partial charge in [0.05, 0.1) is 12.4 Å². The molecule has 22 heavy (non-hydrogen) atoms. The highest BCUT2D eigenvalue weighted by molar-refractivity contribution is 7.89. The van der Waals surface area contributed by atoms with Crippen LogP contribution in [0.4, 0.5) is 0 Å². The van der Waals surface area contributed by atoms with E-state index in [2.05, 4.69) is 4.98 Å². The van der Waals surface area contributed by atoms with Crippen molar-refractivity contribution in [2.75, 3.05) is 25.5 Å². The first-order chi connectivity index (χ1) is 10.6. The maximum atomic E-state index is 12.6. The van der Waals surface area contributed by atoms with Gasteiger partial charge in [-0.3, -0.25) is 0 Å². The van der Waals surface area contributed by atoms with Crippen molar-refractivity contribution in [2.24, 2.45) is 5.92 Å². The molecule has 1 aromatic heterocycles. The van der Waals surface area contributed by atoms with Gasteiger partial charge in [0, 0.05) is 31.4 Å². The van der Waals surface area contributed by atoms with E-state index in [-0.39, 0.29) is 11.7 Å². The highest BCUT2D eigenvalue weighted by atomic mass is 32.2. The number of H-pyrrole nitrogens is 1. The smallest absolute Gasteiger partial charge is 0.214 e. The Bertz CT molecular complexity index is 733. The fraction of sp³-hybridized carbons (Fsp3) is 0.500. The molecule has 1 N–H and O–H groups in total. The molecule has 120 valence electrons. The molecule has 1 fully saturated rings. The molecule has 1 aliphatic rings. The summed E-state index contributed by atoms with van der Waals surface area (Å²) in [5, 5.41) is 1.11. The minimum absolute atomic E-state index is 0.131. The van der Waals surface area contributed by atoms with Crippen LogP contribution in [0.15, 0.2) is 30.5 Å². The first-order valence-corrected chi connectivity index (χ1v) is 9.31. The summed E-state index contributed by atoms with van der Waals surface area (Å²) < 4.78 is 32.1. The quantitative estimate of drug-likeness (QED) is 0.888. The van der Waals surface area contributed by atoms with Crippen molar-refractivity contribution in [3.05, 3.63) is 36.0 Å². The number of aromatic nitrogens is 1. The third-order valence-electron chi connectivity index (χ3n) is 4.19. The molecule has 5 nitrogen and oxygen atoms in total. The van der Waals surface area contributed by atoms with Crippen LogP contribution in [-0.2, 0) is 21.3 Å². The van der Waals surface area contributed by atoms with Crippen LogP contribution in [0, 0.1) is 5.92 Å². The number of nitrogens with one attached hydrogen (secondary N) is 1. The molecule has 2 aromatic rings. The summed E-state index contributed by atoms with van der Waals surface area (Å²) in [6.07, 6.45) is 2.73. The zero-order valence-electron chi connectivity index (χ0n) is 12.8. The molecule has 2 heterocycles. The van der Waals surface area contributed by atoms with Crippen molar-refractivity contribution in [1.29, 1.82) is 0 Å². The summed E-state index contributed by atoms with van der Waals surface area (Å²) in [7, 11) is -3.25. The van der Waals surface area contributed by atoms with E-state index in [9.17, 15) is 8.42 Å². The topological polar surface area (TPSA) is 62.4 Å². The van der Waals surface area contributed by atoms with E-state index in [1.807, 2.05) is 37.4 Å². The Balaban J connectivity index is 1.74. The summed E-state index contributed by atoms with van der Waals surface area (Å²) in [6, 6.07) is 8.02. The lowest BCUT2D eigenvalue weighted by Crippen LogP contribution is -2.34. The van der Waals surface area contributed by atoms with Gasteiger partial charge in [-0.05, 0) is 41.5 Å². The summed E-state index contributed by atoms with van der Waals surface area (Å²) in [4.78, 5) is 3.15. The second-order valence-corrected chi connectivity index (χ2v) is 7.85. The van der Waals surface area contributed by atoms with Gasteiger partial charge in [0.1, 0.15) is 0 Å². The first kappa shape index (κ1) is 15.5. The van der Waals surface area contributed by atoms with E-state index in [1.165, 1.54) is 0 Å². The number of hydrogen-bond donors (Lipinski definition) is 1. The van der Waals surface area contributed by atoms with Crippen LogP contribution in [-0.4, -0.2) is 43.2 Å². The molecular formula is C16H22N2O3S. The average molecular weight is 322 g/mol. The van der Waals surface area contributed by atoms with Gasteiger partial charge in [0.15, 0.2) is 0 Å². The van der Waals surface area contributed by atoms with Gasteiger partial charge in [0.2, 0.25) is 10.0 Å². The third-order valence-corrected chi connectivity index (χ3v) is 6.26. The number of fused-ring (bicyclic) bond motifs is 1. The summed E-state index contributed by atoms with van der Waals surface area (Å²) >= 11 is 0. The number of hydrogen-bond acceptors (Lipinski definition) is 3. The Morgan fingerprint density at radius 3 is 2.95 bits per heavy atom. The van der Waals surface area contributed by atoms with E-state index in [0.29, 0.717) is 26.3 Å². The summed E-state index contributed by atoms with van der Waals surface area (Å²) in [5.41, 5.74) is 2.08. The average Bonchev–Trinajstić information content (AvgIpc) is 3.14. The van der Waals surface area contributed by atoms with E-state index in [0.717, 1.165) is 22.9 Å². The second kappa shape index (κ2) is 6.40. The minimum Gasteiger partial charge on any atom is -0.381 e. The van der Waals surface area contributed by atoms with Crippen LogP contribution >= 0.6 is 0 Å². The van der Waals surface area contributed by atoms with Gasteiger partial charge in [-0.1, -0.05) is 13.0 Å². The zero-order valence-corrected chi connectivity index (χ0v) is 13.6. The fourth-order valence-electron chi connectivity index (χ4n) is 2.93. The molecule has 0 aliphatic carbocycles. The number of aromatic amines is 1. The van der Waals surface area contributed by atoms with Crippen molar-refractivity contribution in [3.8, 4) is 0 Å². The van der Waals surface area contributed by atoms with Crippen molar-refractivity contribution < 1.29 is 13.2 Å². The van der Waals surface area contributed by atoms with E-state index in [4.69, 9.17) is 4.74 Å². The lowest BCUT2D eigenvalue weighted by Gasteiger charge is -2.22. The van der Waals surface area contributed by atoms with Crippen molar-refractivity contribution in [3.63, 3.8) is 0 Å². The third kappa shape index (κ3) is 3.34. The molecule has 3 rings (SSSR count). The van der Waals surface area contributed by atoms with Crippen LogP contribution in [0.25, 0.3) is 10.9 Å². The molecule has 0 amide bonds. The molecule has 0 spiro atoms. The molecule has 1 aliphatic heterocycles. The predicted molar refractivity (Wildman–Crippen MR) is 87.1 cm³/mol. The number of sulfonamides is 1. The molecule has 1 saturated heterocycles. The molecular weight excluding hydrogens is 300 g/mol. The normalized spacial score (nSPS) is 19.3. The standard InChI is InChI=1S/C16H22N2O3S/c1-2-18(22(19,20)12-14-6-8-21-11-14)10-13-3-4-16-15(9-13)5-7-17-16/h3-5,7,9,14,17H,2,6,8,10-12H2,1H3/t14-/m1/s1. The Morgan fingerprint density at radius 2 is 2.23 bits per heavy atom. The predicted octanol–water partition coefficient (Wildman–Crippen LogP) is 2.36. The minimum atomic E-state index is -3.25. The van der Waals surface area contributed by atoms with Gasteiger partial charge in [0.25, 0.3) is 0 Å². The number of benzene rings is 1. The number of nitrogens with zero attached hydrogens (tertiary/aromatic N) is 1. The Labute approximate surface area is 131 Å². The zero-order chi connectivity index (χ0) is 15.6. The number of ether oxygens (including phenoxy) is 1. The molecule has 0 saturated carbocycles. The van der Waals surface area contributed by atoms with Crippen molar-refractivity contribution in [1.82, 2.24) is 9.29 Å². The largest absolute Gasteiger partial charge is 0.381 e. The van der Waals surface area contributed by atoms with Gasteiger partial charge in [-0.15, -0.1) is 0 Å². The molecule has 0 radical (unpaired) electrons. The van der Waals surface area contributed by atoms with E-state index in [1.54, 1.807) is 4.31 Å². The van der Waals surface area contributed by atoms with E-state index < -0.39 is 10.0 Å². The monoisotopic (exact) mass is 322 g/mol. The lowest BCUT2D eigenvalue weighted by atomic mass is 10.1. The van der Waals surface area contributed by atoms with Crippen LogP contribution in [0.1, 0.15) is 18.9 Å². The van der Waals surface area contributed by atoms with Crippen LogP contribution in [0.3, 0.4) is 0 Å². The Morgan fingerprint density at radius 1 is 1.36 bits per heavy atom. The first-order valence-electron chi connectivity index (χ1n) is 7.70. The van der Waals surface area contributed by atoms with Crippen LogP contribution in [0.2, 0.25) is 0 Å². The van der Waals surface area contributed by atoms with Gasteiger partial charge in [-0.2, -0.15) is 4.31 Å². The SMILES string of the molecule is CCN(Cc1ccc2[nH]ccc2c1)S(=O)(=O)C[C@@H]1CCOC1. The Kier molecular flexibility index (Phi) is 4.52.